The molecular formula is C18H19N3O3. The first-order valence-electron chi connectivity index (χ1n) is 7.71. The summed E-state index contributed by atoms with van der Waals surface area (Å²) in [6.45, 7) is 0.783. The van der Waals surface area contributed by atoms with E-state index in [0.29, 0.717) is 11.1 Å². The van der Waals surface area contributed by atoms with Crippen molar-refractivity contribution in [3.63, 3.8) is 0 Å². The molecule has 6 heteroatoms. The molecule has 124 valence electrons. The topological polar surface area (TPSA) is 93.4 Å². The highest BCUT2D eigenvalue weighted by molar-refractivity contribution is 5.97. The molecule has 0 bridgehead atoms. The van der Waals surface area contributed by atoms with E-state index in [2.05, 4.69) is 10.6 Å². The van der Waals surface area contributed by atoms with Crippen LogP contribution in [0.1, 0.15) is 38.7 Å². The smallest absolute Gasteiger partial charge is 0.251 e. The number of carbonyl (C=O) groups excluding carboxylic acids is 2. The second kappa shape index (κ2) is 6.62. The third-order valence-electron chi connectivity index (χ3n) is 4.12. The van der Waals surface area contributed by atoms with Crippen LogP contribution in [-0.2, 0) is 0 Å². The lowest BCUT2D eigenvalue weighted by Crippen LogP contribution is -2.33. The van der Waals surface area contributed by atoms with Gasteiger partial charge in [0.25, 0.3) is 5.91 Å². The number of nitrogens with one attached hydrogen (secondary N) is 2. The average Bonchev–Trinajstić information content (AvgIpc) is 2.61. The number of hydrogen-bond donors (Lipinski definition) is 3. The van der Waals surface area contributed by atoms with Crippen LogP contribution in [0.3, 0.4) is 0 Å². The number of amides is 2. The second-order valence-corrected chi connectivity index (χ2v) is 5.64. The maximum absolute atomic E-state index is 12.5. The van der Waals surface area contributed by atoms with Crippen LogP contribution in [0.2, 0.25) is 0 Å². The number of methoxy groups -OCH3 is 1. The molecular weight excluding hydrogens is 306 g/mol. The number of nitrogens with two attached hydrogens (primary N) is 1. The highest BCUT2D eigenvalue weighted by Crippen LogP contribution is 2.32. The van der Waals surface area contributed by atoms with Gasteiger partial charge < -0.3 is 21.1 Å². The zero-order chi connectivity index (χ0) is 17.1. The van der Waals surface area contributed by atoms with E-state index in [4.69, 9.17) is 10.5 Å². The summed E-state index contributed by atoms with van der Waals surface area (Å²) >= 11 is 0. The van der Waals surface area contributed by atoms with Gasteiger partial charge in [-0.2, -0.15) is 0 Å². The number of rotatable bonds is 4. The largest absolute Gasteiger partial charge is 0.497 e. The van der Waals surface area contributed by atoms with Crippen molar-refractivity contribution in [2.24, 2.45) is 5.73 Å². The van der Waals surface area contributed by atoms with Crippen LogP contribution in [-0.4, -0.2) is 25.5 Å². The van der Waals surface area contributed by atoms with E-state index in [1.54, 1.807) is 31.4 Å². The van der Waals surface area contributed by atoms with E-state index >= 15 is 0 Å². The van der Waals surface area contributed by atoms with Gasteiger partial charge in [0.1, 0.15) is 5.75 Å². The van der Waals surface area contributed by atoms with E-state index in [-0.39, 0.29) is 11.9 Å². The van der Waals surface area contributed by atoms with Crippen molar-refractivity contribution < 1.29 is 14.3 Å². The number of carbonyl (C=O) groups is 2. The van der Waals surface area contributed by atoms with Crippen LogP contribution in [0.5, 0.6) is 5.75 Å². The SMILES string of the molecule is COc1ccc2c(c1)C(NC(=O)c1ccc(C(N)=O)cc1)CCN2. The molecule has 2 amide bonds. The van der Waals surface area contributed by atoms with Crippen LogP contribution in [0.25, 0.3) is 0 Å². The maximum Gasteiger partial charge on any atom is 0.251 e. The third kappa shape index (κ3) is 3.17. The summed E-state index contributed by atoms with van der Waals surface area (Å²) in [7, 11) is 1.62. The van der Waals surface area contributed by atoms with Gasteiger partial charge >= 0.3 is 0 Å². The minimum absolute atomic E-state index is 0.0975. The van der Waals surface area contributed by atoms with Crippen LogP contribution in [0.15, 0.2) is 42.5 Å². The Morgan fingerprint density at radius 2 is 1.88 bits per heavy atom. The molecule has 3 rings (SSSR count). The molecule has 24 heavy (non-hydrogen) atoms. The molecule has 0 fully saturated rings. The first-order chi connectivity index (χ1) is 11.6. The highest BCUT2D eigenvalue weighted by atomic mass is 16.5. The number of hydrogen-bond acceptors (Lipinski definition) is 4. The van der Waals surface area contributed by atoms with Gasteiger partial charge in [0, 0.05) is 28.9 Å². The molecule has 0 aliphatic carbocycles. The van der Waals surface area contributed by atoms with Crippen LogP contribution < -0.4 is 21.1 Å². The third-order valence-corrected chi connectivity index (χ3v) is 4.12. The predicted molar refractivity (Wildman–Crippen MR) is 91.3 cm³/mol. The summed E-state index contributed by atoms with van der Waals surface area (Å²) in [6, 6.07) is 12.0. The second-order valence-electron chi connectivity index (χ2n) is 5.64. The normalized spacial score (nSPS) is 15.8. The molecule has 1 aliphatic heterocycles. The molecule has 4 N–H and O–H groups in total. The highest BCUT2D eigenvalue weighted by Gasteiger charge is 2.22. The van der Waals surface area contributed by atoms with Gasteiger partial charge in [-0.25, -0.2) is 0 Å². The van der Waals surface area contributed by atoms with Crippen LogP contribution in [0.4, 0.5) is 5.69 Å². The van der Waals surface area contributed by atoms with E-state index in [0.717, 1.165) is 30.0 Å². The number of anilines is 1. The minimum atomic E-state index is -0.513. The molecule has 0 radical (unpaired) electrons. The van der Waals surface area contributed by atoms with Crippen molar-refractivity contribution in [3.8, 4) is 5.75 Å². The molecule has 0 spiro atoms. The van der Waals surface area contributed by atoms with Gasteiger partial charge in [0.05, 0.1) is 13.2 Å². The summed E-state index contributed by atoms with van der Waals surface area (Å²) < 4.78 is 5.27. The first-order valence-corrected chi connectivity index (χ1v) is 7.71. The summed E-state index contributed by atoms with van der Waals surface area (Å²) in [5, 5.41) is 6.36. The molecule has 0 saturated heterocycles. The van der Waals surface area contributed by atoms with E-state index in [1.165, 1.54) is 0 Å². The van der Waals surface area contributed by atoms with Crippen LogP contribution >= 0.6 is 0 Å². The van der Waals surface area contributed by atoms with E-state index in [9.17, 15) is 9.59 Å². The molecule has 0 saturated carbocycles. The molecule has 1 atom stereocenters. The Kier molecular flexibility index (Phi) is 4.37. The van der Waals surface area contributed by atoms with Gasteiger partial charge in [-0.05, 0) is 48.9 Å². The maximum atomic E-state index is 12.5. The van der Waals surface area contributed by atoms with Gasteiger partial charge in [-0.15, -0.1) is 0 Å². The number of primary amides is 1. The minimum Gasteiger partial charge on any atom is -0.497 e. The zero-order valence-corrected chi connectivity index (χ0v) is 13.3. The quantitative estimate of drug-likeness (QED) is 0.802. The average molecular weight is 325 g/mol. The Hall–Kier alpha value is -3.02. The summed E-state index contributed by atoms with van der Waals surface area (Å²) in [6.07, 6.45) is 0.783. The van der Waals surface area contributed by atoms with Crippen molar-refractivity contribution in [2.75, 3.05) is 19.0 Å². The molecule has 6 nitrogen and oxygen atoms in total. The van der Waals surface area contributed by atoms with Gasteiger partial charge in [0.15, 0.2) is 0 Å². The lowest BCUT2D eigenvalue weighted by Gasteiger charge is -2.28. The van der Waals surface area contributed by atoms with Crippen molar-refractivity contribution >= 4 is 17.5 Å². The Bertz CT molecular complexity index is 772. The van der Waals surface area contributed by atoms with Gasteiger partial charge in [-0.3, -0.25) is 9.59 Å². The standard InChI is InChI=1S/C18H19N3O3/c1-24-13-6-7-15-14(10-13)16(8-9-20-15)21-18(23)12-4-2-11(3-5-12)17(19)22/h2-7,10,16,20H,8-9H2,1H3,(H2,19,22)(H,21,23). The Morgan fingerprint density at radius 3 is 2.54 bits per heavy atom. The number of fused-ring (bicyclic) bond motifs is 1. The monoisotopic (exact) mass is 325 g/mol. The van der Waals surface area contributed by atoms with Crippen molar-refractivity contribution in [3.05, 3.63) is 59.2 Å². The fourth-order valence-electron chi connectivity index (χ4n) is 2.80. The summed E-state index contributed by atoms with van der Waals surface area (Å²) in [5.74, 6) is 0.0514. The lowest BCUT2D eigenvalue weighted by atomic mass is 9.97. The fraction of sp³-hybridized carbons (Fsp3) is 0.222. The Morgan fingerprint density at radius 1 is 1.17 bits per heavy atom. The number of benzene rings is 2. The Labute approximate surface area is 140 Å². The predicted octanol–water partition coefficient (Wildman–Crippen LogP) is 2.08. The van der Waals surface area contributed by atoms with Crippen molar-refractivity contribution in [1.29, 1.82) is 0 Å². The fourth-order valence-corrected chi connectivity index (χ4v) is 2.80. The molecule has 2 aromatic carbocycles. The van der Waals surface area contributed by atoms with E-state index in [1.807, 2.05) is 18.2 Å². The summed E-state index contributed by atoms with van der Waals surface area (Å²) in [4.78, 5) is 23.6. The Balaban J connectivity index is 1.79. The van der Waals surface area contributed by atoms with Crippen molar-refractivity contribution in [1.82, 2.24) is 5.32 Å². The zero-order valence-electron chi connectivity index (χ0n) is 13.3. The first kappa shape index (κ1) is 15.9. The van der Waals surface area contributed by atoms with Gasteiger partial charge in [0.2, 0.25) is 5.91 Å². The molecule has 1 unspecified atom stereocenters. The summed E-state index contributed by atoms with van der Waals surface area (Å²) in [5.41, 5.74) is 8.08. The molecule has 1 aliphatic rings. The van der Waals surface area contributed by atoms with Gasteiger partial charge in [-0.1, -0.05) is 0 Å². The number of ether oxygens (including phenoxy) is 1. The molecule has 2 aromatic rings. The molecule has 0 aromatic heterocycles. The lowest BCUT2D eigenvalue weighted by molar-refractivity contribution is 0.0932. The molecule has 1 heterocycles. The van der Waals surface area contributed by atoms with Crippen molar-refractivity contribution in [2.45, 2.75) is 12.5 Å². The van der Waals surface area contributed by atoms with Crippen LogP contribution in [0, 0.1) is 0 Å². The van der Waals surface area contributed by atoms with E-state index < -0.39 is 5.91 Å².